The van der Waals surface area contributed by atoms with E-state index in [1.54, 1.807) is 13.0 Å². The lowest BCUT2D eigenvalue weighted by Crippen LogP contribution is -2.24. The lowest BCUT2D eigenvalue weighted by Gasteiger charge is -2.14. The van der Waals surface area contributed by atoms with E-state index in [0.717, 1.165) is 16.9 Å². The Bertz CT molecular complexity index is 617. The fourth-order valence-electron chi connectivity index (χ4n) is 2.01. The summed E-state index contributed by atoms with van der Waals surface area (Å²) in [5, 5.41) is 13.8. The zero-order valence-corrected chi connectivity index (χ0v) is 13.9. The maximum absolute atomic E-state index is 9.30. The molecule has 0 radical (unpaired) electrons. The second-order valence-electron chi connectivity index (χ2n) is 5.11. The number of hydrogen-bond acceptors (Lipinski definition) is 3. The maximum Gasteiger partial charge on any atom is 0.124 e. The fraction of sp³-hybridized carbons (Fsp3) is 0.294. The molecule has 1 atom stereocenters. The minimum absolute atomic E-state index is 0.394. The first-order valence-electron chi connectivity index (χ1n) is 7.09. The van der Waals surface area contributed by atoms with Gasteiger partial charge in [0.15, 0.2) is 0 Å². The van der Waals surface area contributed by atoms with Gasteiger partial charge in [0.25, 0.3) is 0 Å². The van der Waals surface area contributed by atoms with Gasteiger partial charge in [0.05, 0.1) is 6.10 Å². The number of ether oxygens (including phenoxy) is 1. The van der Waals surface area contributed by atoms with Crippen molar-refractivity contribution in [2.24, 2.45) is 0 Å². The Morgan fingerprint density at radius 2 is 1.91 bits per heavy atom. The molecule has 5 heteroatoms. The molecule has 2 aromatic rings. The number of hydrogen-bond donors (Lipinski definition) is 2. The van der Waals surface area contributed by atoms with Gasteiger partial charge in [-0.15, -0.1) is 0 Å². The third-order valence-electron chi connectivity index (χ3n) is 3.12. The molecule has 2 aromatic carbocycles. The first kappa shape index (κ1) is 17.1. The second kappa shape index (κ2) is 8.39. The molecule has 0 aliphatic carbocycles. The Morgan fingerprint density at radius 1 is 1.14 bits per heavy atom. The molecule has 0 saturated carbocycles. The summed E-state index contributed by atoms with van der Waals surface area (Å²) < 4.78 is 5.87. The van der Waals surface area contributed by atoms with E-state index >= 15 is 0 Å². The highest BCUT2D eigenvalue weighted by Gasteiger charge is 2.07. The van der Waals surface area contributed by atoms with Crippen LogP contribution in [0.4, 0.5) is 0 Å². The first-order chi connectivity index (χ1) is 10.6. The average molecular weight is 340 g/mol. The van der Waals surface area contributed by atoms with Crippen LogP contribution in [0.5, 0.6) is 5.75 Å². The van der Waals surface area contributed by atoms with Gasteiger partial charge >= 0.3 is 0 Å². The van der Waals surface area contributed by atoms with Crippen molar-refractivity contribution in [1.82, 2.24) is 5.32 Å². The Balaban J connectivity index is 2.05. The lowest BCUT2D eigenvalue weighted by molar-refractivity contribution is 0.190. The highest BCUT2D eigenvalue weighted by molar-refractivity contribution is 6.31. The summed E-state index contributed by atoms with van der Waals surface area (Å²) in [6.07, 6.45) is -0.397. The molecule has 0 aliphatic rings. The molecule has 0 amide bonds. The standard InChI is InChI=1S/C17H19Cl2NO2/c1-12(21)9-20-10-14-8-15(18)6-7-17(14)22-11-13-4-2-3-5-16(13)19/h2-8,12,20-21H,9-11H2,1H3. The van der Waals surface area contributed by atoms with Gasteiger partial charge in [-0.1, -0.05) is 41.4 Å². The minimum atomic E-state index is -0.397. The van der Waals surface area contributed by atoms with Crippen LogP contribution < -0.4 is 10.1 Å². The van der Waals surface area contributed by atoms with E-state index in [1.807, 2.05) is 36.4 Å². The Hall–Kier alpha value is -1.26. The third kappa shape index (κ3) is 5.18. The van der Waals surface area contributed by atoms with E-state index < -0.39 is 6.10 Å². The van der Waals surface area contributed by atoms with Crippen molar-refractivity contribution in [3.63, 3.8) is 0 Å². The maximum atomic E-state index is 9.30. The van der Waals surface area contributed by atoms with Crippen molar-refractivity contribution >= 4 is 23.2 Å². The van der Waals surface area contributed by atoms with Crippen molar-refractivity contribution < 1.29 is 9.84 Å². The van der Waals surface area contributed by atoms with Gasteiger partial charge < -0.3 is 15.2 Å². The van der Waals surface area contributed by atoms with Crippen LogP contribution in [0.3, 0.4) is 0 Å². The zero-order chi connectivity index (χ0) is 15.9. The fourth-order valence-corrected chi connectivity index (χ4v) is 2.40. The number of rotatable bonds is 7. The molecule has 0 fully saturated rings. The molecule has 2 rings (SSSR count). The summed E-state index contributed by atoms with van der Waals surface area (Å²) in [6.45, 7) is 3.21. The predicted molar refractivity (Wildman–Crippen MR) is 90.6 cm³/mol. The normalized spacial score (nSPS) is 12.2. The van der Waals surface area contributed by atoms with Crippen LogP contribution in [-0.4, -0.2) is 17.8 Å². The number of halogens is 2. The molecule has 2 N–H and O–H groups in total. The van der Waals surface area contributed by atoms with Crippen molar-refractivity contribution in [2.75, 3.05) is 6.54 Å². The van der Waals surface area contributed by atoms with Gasteiger partial charge in [-0.25, -0.2) is 0 Å². The topological polar surface area (TPSA) is 41.5 Å². The quantitative estimate of drug-likeness (QED) is 0.799. The molecule has 0 saturated heterocycles. The summed E-state index contributed by atoms with van der Waals surface area (Å²) >= 11 is 12.2. The summed E-state index contributed by atoms with van der Waals surface area (Å²) in [6, 6.07) is 13.1. The van der Waals surface area contributed by atoms with E-state index in [-0.39, 0.29) is 0 Å². The van der Waals surface area contributed by atoms with Crippen LogP contribution in [0.1, 0.15) is 18.1 Å². The van der Waals surface area contributed by atoms with Crippen molar-refractivity contribution in [3.8, 4) is 5.75 Å². The van der Waals surface area contributed by atoms with Crippen LogP contribution >= 0.6 is 23.2 Å². The van der Waals surface area contributed by atoms with E-state index in [4.69, 9.17) is 27.9 Å². The Kier molecular flexibility index (Phi) is 6.52. The van der Waals surface area contributed by atoms with Gasteiger partial charge in [-0.05, 0) is 31.2 Å². The van der Waals surface area contributed by atoms with Crippen molar-refractivity contribution in [3.05, 3.63) is 63.6 Å². The van der Waals surface area contributed by atoms with Gasteiger partial charge in [-0.2, -0.15) is 0 Å². The van der Waals surface area contributed by atoms with Crippen LogP contribution in [0, 0.1) is 0 Å². The summed E-state index contributed by atoms with van der Waals surface area (Å²) in [5.74, 6) is 0.752. The molecule has 0 spiro atoms. The molecular formula is C17H19Cl2NO2. The van der Waals surface area contributed by atoms with Gasteiger partial charge in [-0.3, -0.25) is 0 Å². The van der Waals surface area contributed by atoms with E-state index in [0.29, 0.717) is 29.7 Å². The number of aliphatic hydroxyl groups is 1. The van der Waals surface area contributed by atoms with Gasteiger partial charge in [0, 0.05) is 34.3 Å². The smallest absolute Gasteiger partial charge is 0.124 e. The van der Waals surface area contributed by atoms with Crippen LogP contribution in [-0.2, 0) is 13.2 Å². The molecule has 118 valence electrons. The average Bonchev–Trinajstić information content (AvgIpc) is 2.47. The highest BCUT2D eigenvalue weighted by Crippen LogP contribution is 2.25. The van der Waals surface area contributed by atoms with E-state index in [2.05, 4.69) is 5.32 Å². The molecule has 0 heterocycles. The predicted octanol–water partition coefficient (Wildman–Crippen LogP) is 4.04. The largest absolute Gasteiger partial charge is 0.489 e. The highest BCUT2D eigenvalue weighted by atomic mass is 35.5. The number of nitrogens with one attached hydrogen (secondary N) is 1. The van der Waals surface area contributed by atoms with Gasteiger partial charge in [0.2, 0.25) is 0 Å². The Morgan fingerprint density at radius 3 is 2.64 bits per heavy atom. The number of aliphatic hydroxyl groups excluding tert-OH is 1. The summed E-state index contributed by atoms with van der Waals surface area (Å²) in [7, 11) is 0. The second-order valence-corrected chi connectivity index (χ2v) is 5.96. The molecule has 3 nitrogen and oxygen atoms in total. The van der Waals surface area contributed by atoms with E-state index in [9.17, 15) is 5.11 Å². The molecular weight excluding hydrogens is 321 g/mol. The summed E-state index contributed by atoms with van der Waals surface area (Å²) in [4.78, 5) is 0. The SMILES string of the molecule is CC(O)CNCc1cc(Cl)ccc1OCc1ccccc1Cl. The molecule has 1 unspecified atom stereocenters. The van der Waals surface area contributed by atoms with Crippen LogP contribution in [0.15, 0.2) is 42.5 Å². The van der Waals surface area contributed by atoms with Gasteiger partial charge in [0.1, 0.15) is 12.4 Å². The van der Waals surface area contributed by atoms with Crippen molar-refractivity contribution in [2.45, 2.75) is 26.2 Å². The Labute approximate surface area is 140 Å². The number of benzene rings is 2. The van der Waals surface area contributed by atoms with Crippen LogP contribution in [0.2, 0.25) is 10.0 Å². The first-order valence-corrected chi connectivity index (χ1v) is 7.85. The lowest BCUT2D eigenvalue weighted by atomic mass is 10.2. The third-order valence-corrected chi connectivity index (χ3v) is 3.72. The van der Waals surface area contributed by atoms with E-state index in [1.165, 1.54) is 0 Å². The van der Waals surface area contributed by atoms with Crippen molar-refractivity contribution in [1.29, 1.82) is 0 Å². The molecule has 0 aromatic heterocycles. The monoisotopic (exact) mass is 339 g/mol. The zero-order valence-electron chi connectivity index (χ0n) is 12.4. The molecule has 0 bridgehead atoms. The minimum Gasteiger partial charge on any atom is -0.489 e. The molecule has 0 aliphatic heterocycles. The molecule has 22 heavy (non-hydrogen) atoms. The summed E-state index contributed by atoms with van der Waals surface area (Å²) in [5.41, 5.74) is 1.88. The van der Waals surface area contributed by atoms with Crippen LogP contribution in [0.25, 0.3) is 0 Å².